The molecule has 2 aromatic heterocycles. The summed E-state index contributed by atoms with van der Waals surface area (Å²) in [6.07, 6.45) is 2.07. The molecule has 9 heteroatoms. The van der Waals surface area contributed by atoms with Gasteiger partial charge in [0, 0.05) is 27.2 Å². The van der Waals surface area contributed by atoms with Gasteiger partial charge in [-0.1, -0.05) is 0 Å². The number of nitrogens with zero attached hydrogens (tertiary/aromatic N) is 6. The number of likely N-dealkylation sites (N-methyl/N-ethyl adjacent to an activating group) is 1. The minimum atomic E-state index is -0.0292. The van der Waals surface area contributed by atoms with Crippen molar-refractivity contribution in [2.45, 2.75) is 18.6 Å². The van der Waals surface area contributed by atoms with E-state index in [0.717, 1.165) is 5.39 Å². The van der Waals surface area contributed by atoms with Crippen molar-refractivity contribution >= 4 is 28.7 Å². The third kappa shape index (κ3) is 2.19. The molecule has 0 bridgehead atoms. The molecule has 2 fully saturated rings. The average molecular weight is 317 g/mol. The van der Waals surface area contributed by atoms with Crippen molar-refractivity contribution in [1.82, 2.24) is 24.6 Å². The number of hydrogen-bond donors (Lipinski definition) is 1. The molecule has 2 aliphatic heterocycles. The topological polar surface area (TPSA) is 102 Å². The van der Waals surface area contributed by atoms with E-state index in [2.05, 4.69) is 15.1 Å². The summed E-state index contributed by atoms with van der Waals surface area (Å²) in [5.41, 5.74) is 6.73. The third-order valence-electron chi connectivity index (χ3n) is 4.67. The van der Waals surface area contributed by atoms with E-state index in [9.17, 15) is 4.79 Å². The maximum Gasteiger partial charge on any atom is 0.229 e. The number of carbonyl (C=O) groups excluding carboxylic acids is 1. The van der Waals surface area contributed by atoms with E-state index in [4.69, 9.17) is 10.5 Å². The van der Waals surface area contributed by atoms with Gasteiger partial charge in [0.15, 0.2) is 5.65 Å². The molecule has 0 spiro atoms. The number of aromatic nitrogens is 4. The molecule has 9 nitrogen and oxygen atoms in total. The van der Waals surface area contributed by atoms with Crippen LogP contribution in [-0.4, -0.2) is 69.4 Å². The summed E-state index contributed by atoms with van der Waals surface area (Å²) < 4.78 is 7.52. The number of amides is 1. The minimum absolute atomic E-state index is 0.0112. The first kappa shape index (κ1) is 14.2. The SMILES string of the molecule is CN1C(=O)CCO[C@H]2CN(c3nc(N)c4cnn(C)c4n3)C[C@@H]21. The van der Waals surface area contributed by atoms with Crippen LogP contribution in [0.2, 0.25) is 0 Å². The third-order valence-corrected chi connectivity index (χ3v) is 4.67. The fraction of sp³-hybridized carbons (Fsp3) is 0.571. The van der Waals surface area contributed by atoms with E-state index in [1.54, 1.807) is 15.8 Å². The molecule has 2 aromatic rings. The van der Waals surface area contributed by atoms with E-state index in [1.165, 1.54) is 0 Å². The fourth-order valence-corrected chi connectivity index (χ4v) is 3.29. The van der Waals surface area contributed by atoms with E-state index in [-0.39, 0.29) is 18.1 Å². The van der Waals surface area contributed by atoms with Crippen LogP contribution in [0.5, 0.6) is 0 Å². The molecule has 122 valence electrons. The van der Waals surface area contributed by atoms with Gasteiger partial charge in [-0.05, 0) is 0 Å². The number of anilines is 2. The zero-order chi connectivity index (χ0) is 16.1. The van der Waals surface area contributed by atoms with E-state index in [0.29, 0.717) is 43.5 Å². The predicted octanol–water partition coefficient (Wildman–Crippen LogP) is -0.619. The molecule has 0 saturated carbocycles. The number of nitrogen functional groups attached to an aromatic ring is 1. The fourth-order valence-electron chi connectivity index (χ4n) is 3.29. The van der Waals surface area contributed by atoms with Gasteiger partial charge in [0.1, 0.15) is 5.82 Å². The molecule has 0 radical (unpaired) electrons. The second-order valence-electron chi connectivity index (χ2n) is 6.05. The first-order valence-corrected chi connectivity index (χ1v) is 7.62. The van der Waals surface area contributed by atoms with Gasteiger partial charge in [-0.25, -0.2) is 0 Å². The highest BCUT2D eigenvalue weighted by Crippen LogP contribution is 2.27. The smallest absolute Gasteiger partial charge is 0.229 e. The maximum atomic E-state index is 12.0. The summed E-state index contributed by atoms with van der Waals surface area (Å²) in [6, 6.07) is 0.0112. The summed E-state index contributed by atoms with van der Waals surface area (Å²) in [5.74, 6) is 1.08. The molecule has 2 aliphatic rings. The van der Waals surface area contributed by atoms with Crippen LogP contribution in [0.25, 0.3) is 11.0 Å². The van der Waals surface area contributed by atoms with Crippen molar-refractivity contribution < 1.29 is 9.53 Å². The van der Waals surface area contributed by atoms with Crippen molar-refractivity contribution in [2.24, 2.45) is 7.05 Å². The molecule has 1 amide bonds. The van der Waals surface area contributed by atoms with Gasteiger partial charge in [0.25, 0.3) is 0 Å². The van der Waals surface area contributed by atoms with Gasteiger partial charge < -0.3 is 20.3 Å². The molecule has 2 N–H and O–H groups in total. The Morgan fingerprint density at radius 3 is 2.96 bits per heavy atom. The largest absolute Gasteiger partial charge is 0.383 e. The Morgan fingerprint density at radius 2 is 2.13 bits per heavy atom. The Balaban J connectivity index is 1.67. The molecule has 0 unspecified atom stereocenters. The molecule has 0 aromatic carbocycles. The lowest BCUT2D eigenvalue weighted by molar-refractivity contribution is -0.130. The van der Waals surface area contributed by atoms with Gasteiger partial charge in [0.2, 0.25) is 11.9 Å². The van der Waals surface area contributed by atoms with Crippen molar-refractivity contribution in [2.75, 3.05) is 37.4 Å². The first-order valence-electron chi connectivity index (χ1n) is 7.62. The summed E-state index contributed by atoms with van der Waals surface area (Å²) in [7, 11) is 3.65. The first-order chi connectivity index (χ1) is 11.0. The summed E-state index contributed by atoms with van der Waals surface area (Å²) in [5, 5.41) is 4.91. The molecule has 2 atom stereocenters. The number of aryl methyl sites for hydroxylation is 1. The van der Waals surface area contributed by atoms with Crippen molar-refractivity contribution in [1.29, 1.82) is 0 Å². The minimum Gasteiger partial charge on any atom is -0.383 e. The quantitative estimate of drug-likeness (QED) is 0.748. The number of ether oxygens (including phenoxy) is 1. The Hall–Kier alpha value is -2.42. The Labute approximate surface area is 133 Å². The Morgan fingerprint density at radius 1 is 1.30 bits per heavy atom. The highest BCUT2D eigenvalue weighted by molar-refractivity contribution is 5.86. The Bertz CT molecular complexity index is 774. The zero-order valence-corrected chi connectivity index (χ0v) is 13.1. The van der Waals surface area contributed by atoms with Gasteiger partial charge in [-0.3, -0.25) is 9.48 Å². The second-order valence-corrected chi connectivity index (χ2v) is 6.05. The number of fused-ring (bicyclic) bond motifs is 2. The number of carbonyl (C=O) groups is 1. The highest BCUT2D eigenvalue weighted by Gasteiger charge is 2.40. The molecule has 23 heavy (non-hydrogen) atoms. The van der Waals surface area contributed by atoms with Crippen molar-refractivity contribution in [3.63, 3.8) is 0 Å². The lowest BCUT2D eigenvalue weighted by Gasteiger charge is -2.25. The average Bonchev–Trinajstić information content (AvgIpc) is 3.08. The number of rotatable bonds is 1. The van der Waals surface area contributed by atoms with E-state index >= 15 is 0 Å². The molecule has 0 aliphatic carbocycles. The lowest BCUT2D eigenvalue weighted by atomic mass is 10.2. The zero-order valence-electron chi connectivity index (χ0n) is 13.1. The van der Waals surface area contributed by atoms with E-state index < -0.39 is 0 Å². The van der Waals surface area contributed by atoms with Crippen LogP contribution in [0.4, 0.5) is 11.8 Å². The van der Waals surface area contributed by atoms with Crippen LogP contribution < -0.4 is 10.6 Å². The van der Waals surface area contributed by atoms with E-state index in [1.807, 2.05) is 19.0 Å². The monoisotopic (exact) mass is 317 g/mol. The van der Waals surface area contributed by atoms with Crippen LogP contribution in [-0.2, 0) is 16.6 Å². The maximum absolute atomic E-state index is 12.0. The Kier molecular flexibility index (Phi) is 3.12. The molecular formula is C14H19N7O2. The van der Waals surface area contributed by atoms with Crippen LogP contribution >= 0.6 is 0 Å². The lowest BCUT2D eigenvalue weighted by Crippen LogP contribution is -2.42. The summed E-state index contributed by atoms with van der Waals surface area (Å²) >= 11 is 0. The predicted molar refractivity (Wildman–Crippen MR) is 83.8 cm³/mol. The molecule has 4 heterocycles. The number of hydrogen-bond acceptors (Lipinski definition) is 7. The van der Waals surface area contributed by atoms with Gasteiger partial charge in [0.05, 0.1) is 36.8 Å². The highest BCUT2D eigenvalue weighted by atomic mass is 16.5. The van der Waals surface area contributed by atoms with Crippen LogP contribution in [0.3, 0.4) is 0 Å². The van der Waals surface area contributed by atoms with Gasteiger partial charge in [-0.15, -0.1) is 0 Å². The van der Waals surface area contributed by atoms with Crippen LogP contribution in [0, 0.1) is 0 Å². The van der Waals surface area contributed by atoms with Crippen molar-refractivity contribution in [3.8, 4) is 0 Å². The second kappa shape index (κ2) is 5.05. The van der Waals surface area contributed by atoms with Gasteiger partial charge in [-0.2, -0.15) is 15.1 Å². The number of nitrogens with two attached hydrogens (primary N) is 1. The summed E-state index contributed by atoms with van der Waals surface area (Å²) in [4.78, 5) is 24.8. The standard InChI is InChI=1S/C14H19N7O2/c1-19-9-6-21(7-10(9)23-4-3-11(19)22)14-17-12(15)8-5-16-20(2)13(8)18-14/h5,9-10H,3-4,6-7H2,1-2H3,(H2,15,17,18)/t9-,10-/m0/s1. The van der Waals surface area contributed by atoms with Crippen LogP contribution in [0.15, 0.2) is 6.20 Å². The summed E-state index contributed by atoms with van der Waals surface area (Å²) in [6.45, 7) is 1.74. The normalized spacial score (nSPS) is 25.0. The van der Waals surface area contributed by atoms with Gasteiger partial charge >= 0.3 is 0 Å². The molecule has 4 rings (SSSR count). The van der Waals surface area contributed by atoms with Crippen molar-refractivity contribution in [3.05, 3.63) is 6.20 Å². The van der Waals surface area contributed by atoms with Crippen LogP contribution in [0.1, 0.15) is 6.42 Å². The molecule has 2 saturated heterocycles. The molecular weight excluding hydrogens is 298 g/mol.